The maximum Gasteiger partial charge on any atom is 0.101 e. The normalized spacial score (nSPS) is 24.6. The fraction of sp³-hybridized carbons (Fsp3) is 0.529. The predicted octanol–water partition coefficient (Wildman–Crippen LogP) is 3.18. The molecule has 2 heterocycles. The third-order valence-electron chi connectivity index (χ3n) is 4.48. The molecule has 4 heteroatoms. The SMILES string of the molecule is CO/C=C(/C)Nc1cc(C)c2c(c1)C1CCNCC[C@@H]1N2. The summed E-state index contributed by atoms with van der Waals surface area (Å²) in [7, 11) is 1.67. The molecule has 0 aromatic heterocycles. The van der Waals surface area contributed by atoms with E-state index in [1.165, 1.54) is 29.7 Å². The van der Waals surface area contributed by atoms with Gasteiger partial charge in [-0.25, -0.2) is 0 Å². The second-order valence-corrected chi connectivity index (χ2v) is 6.10. The highest BCUT2D eigenvalue weighted by atomic mass is 16.5. The third-order valence-corrected chi connectivity index (χ3v) is 4.48. The summed E-state index contributed by atoms with van der Waals surface area (Å²) < 4.78 is 5.06. The Hall–Kier alpha value is -1.68. The minimum Gasteiger partial charge on any atom is -0.503 e. The highest BCUT2D eigenvalue weighted by Gasteiger charge is 2.33. The van der Waals surface area contributed by atoms with Gasteiger partial charge in [0, 0.05) is 29.0 Å². The van der Waals surface area contributed by atoms with Gasteiger partial charge < -0.3 is 20.7 Å². The molecule has 3 rings (SSSR count). The molecule has 0 saturated carbocycles. The summed E-state index contributed by atoms with van der Waals surface area (Å²) in [6, 6.07) is 5.10. The van der Waals surface area contributed by atoms with Gasteiger partial charge in [-0.05, 0) is 63.0 Å². The van der Waals surface area contributed by atoms with Crippen LogP contribution in [0.1, 0.15) is 36.8 Å². The molecule has 1 aromatic carbocycles. The van der Waals surface area contributed by atoms with E-state index in [-0.39, 0.29) is 0 Å². The van der Waals surface area contributed by atoms with Crippen molar-refractivity contribution >= 4 is 11.4 Å². The molecular weight excluding hydrogens is 262 g/mol. The van der Waals surface area contributed by atoms with Crippen molar-refractivity contribution in [3.05, 3.63) is 35.2 Å². The van der Waals surface area contributed by atoms with E-state index < -0.39 is 0 Å². The topological polar surface area (TPSA) is 45.3 Å². The van der Waals surface area contributed by atoms with Crippen molar-refractivity contribution in [2.75, 3.05) is 30.8 Å². The van der Waals surface area contributed by atoms with Crippen LogP contribution in [-0.4, -0.2) is 26.2 Å². The van der Waals surface area contributed by atoms with Gasteiger partial charge in [0.1, 0.15) is 6.26 Å². The highest BCUT2D eigenvalue weighted by Crippen LogP contribution is 2.43. The van der Waals surface area contributed by atoms with E-state index >= 15 is 0 Å². The van der Waals surface area contributed by atoms with Crippen LogP contribution in [0.5, 0.6) is 0 Å². The number of allylic oxidation sites excluding steroid dienone is 1. The van der Waals surface area contributed by atoms with E-state index in [1.54, 1.807) is 13.4 Å². The van der Waals surface area contributed by atoms with E-state index in [2.05, 4.69) is 35.0 Å². The molecule has 114 valence electrons. The fourth-order valence-electron chi connectivity index (χ4n) is 3.58. The molecular formula is C17H25N3O. The smallest absolute Gasteiger partial charge is 0.101 e. The number of nitrogens with one attached hydrogen (secondary N) is 3. The van der Waals surface area contributed by atoms with Crippen molar-refractivity contribution in [1.29, 1.82) is 0 Å². The predicted molar refractivity (Wildman–Crippen MR) is 87.8 cm³/mol. The molecule has 1 fully saturated rings. The number of rotatable bonds is 3. The summed E-state index contributed by atoms with van der Waals surface area (Å²) >= 11 is 0. The Morgan fingerprint density at radius 1 is 1.33 bits per heavy atom. The van der Waals surface area contributed by atoms with Gasteiger partial charge in [0.05, 0.1) is 7.11 Å². The van der Waals surface area contributed by atoms with Crippen molar-refractivity contribution < 1.29 is 4.74 Å². The first kappa shape index (κ1) is 14.3. The first-order valence-corrected chi connectivity index (χ1v) is 7.77. The summed E-state index contributed by atoms with van der Waals surface area (Å²) in [5, 5.41) is 10.7. The van der Waals surface area contributed by atoms with Crippen LogP contribution in [0, 0.1) is 6.92 Å². The first-order chi connectivity index (χ1) is 10.2. The number of methoxy groups -OCH3 is 1. The number of anilines is 2. The number of aryl methyl sites for hydroxylation is 1. The lowest BCUT2D eigenvalue weighted by atomic mass is 9.90. The molecule has 21 heavy (non-hydrogen) atoms. The third kappa shape index (κ3) is 2.86. The molecule has 0 spiro atoms. The number of benzene rings is 1. The molecule has 4 nitrogen and oxygen atoms in total. The Labute approximate surface area is 127 Å². The quantitative estimate of drug-likeness (QED) is 0.747. The summed E-state index contributed by atoms with van der Waals surface area (Å²) in [6.45, 7) is 6.43. The zero-order chi connectivity index (χ0) is 14.8. The van der Waals surface area contributed by atoms with Crippen molar-refractivity contribution in [3.63, 3.8) is 0 Å². The maximum atomic E-state index is 5.06. The number of ether oxygens (including phenoxy) is 1. The van der Waals surface area contributed by atoms with Crippen LogP contribution in [0.3, 0.4) is 0 Å². The van der Waals surface area contributed by atoms with E-state index in [4.69, 9.17) is 4.74 Å². The molecule has 2 aliphatic heterocycles. The minimum atomic E-state index is 0.583. The Balaban J connectivity index is 1.90. The molecule has 3 N–H and O–H groups in total. The van der Waals surface area contributed by atoms with Crippen molar-refractivity contribution in [2.45, 2.75) is 38.6 Å². The molecule has 2 aliphatic rings. The average molecular weight is 287 g/mol. The van der Waals surface area contributed by atoms with Crippen LogP contribution < -0.4 is 16.0 Å². The first-order valence-electron chi connectivity index (χ1n) is 7.77. The summed E-state index contributed by atoms with van der Waals surface area (Å²) in [5.74, 6) is 0.627. The number of hydrogen-bond acceptors (Lipinski definition) is 4. The van der Waals surface area contributed by atoms with Gasteiger partial charge in [0.2, 0.25) is 0 Å². The number of fused-ring (bicyclic) bond motifs is 3. The van der Waals surface area contributed by atoms with Gasteiger partial charge >= 0.3 is 0 Å². The Kier molecular flexibility index (Phi) is 4.06. The summed E-state index contributed by atoms with van der Waals surface area (Å²) in [6.07, 6.45) is 4.14. The summed E-state index contributed by atoms with van der Waals surface area (Å²) in [5.41, 5.74) is 6.31. The van der Waals surface area contributed by atoms with Crippen LogP contribution in [0.4, 0.5) is 11.4 Å². The van der Waals surface area contributed by atoms with Crippen LogP contribution in [-0.2, 0) is 4.74 Å². The minimum absolute atomic E-state index is 0.583. The molecule has 1 aromatic rings. The molecule has 2 atom stereocenters. The second kappa shape index (κ2) is 5.98. The van der Waals surface area contributed by atoms with Crippen LogP contribution >= 0.6 is 0 Å². The van der Waals surface area contributed by atoms with Crippen molar-refractivity contribution in [3.8, 4) is 0 Å². The van der Waals surface area contributed by atoms with Gasteiger partial charge in [-0.3, -0.25) is 0 Å². The summed E-state index contributed by atoms with van der Waals surface area (Å²) in [4.78, 5) is 0. The molecule has 0 bridgehead atoms. The monoisotopic (exact) mass is 287 g/mol. The Morgan fingerprint density at radius 3 is 2.95 bits per heavy atom. The zero-order valence-electron chi connectivity index (χ0n) is 13.1. The van der Waals surface area contributed by atoms with Gasteiger partial charge in [-0.15, -0.1) is 0 Å². The zero-order valence-corrected chi connectivity index (χ0v) is 13.1. The van der Waals surface area contributed by atoms with Gasteiger partial charge in [-0.2, -0.15) is 0 Å². The lowest BCUT2D eigenvalue weighted by Crippen LogP contribution is -2.21. The molecule has 1 unspecified atom stereocenters. The van der Waals surface area contributed by atoms with Crippen molar-refractivity contribution in [2.24, 2.45) is 0 Å². The second-order valence-electron chi connectivity index (χ2n) is 6.10. The van der Waals surface area contributed by atoms with E-state index in [0.29, 0.717) is 12.0 Å². The van der Waals surface area contributed by atoms with Gasteiger partial charge in [0.25, 0.3) is 0 Å². The van der Waals surface area contributed by atoms with Gasteiger partial charge in [0.15, 0.2) is 0 Å². The van der Waals surface area contributed by atoms with Crippen LogP contribution in [0.15, 0.2) is 24.1 Å². The number of hydrogen-bond donors (Lipinski definition) is 3. The molecule has 0 aliphatic carbocycles. The molecule has 0 radical (unpaired) electrons. The van der Waals surface area contributed by atoms with E-state index in [1.807, 2.05) is 6.92 Å². The molecule has 1 saturated heterocycles. The standard InChI is InChI=1S/C17H25N3O/c1-11-8-13(19-12(2)10-21-3)9-15-14-4-6-18-7-5-16(14)20-17(11)15/h8-10,14,16,18-20H,4-7H2,1-3H3/b12-10-/t14?,16-/m0/s1. The lowest BCUT2D eigenvalue weighted by molar-refractivity contribution is 0.334. The van der Waals surface area contributed by atoms with Crippen LogP contribution in [0.2, 0.25) is 0 Å². The van der Waals surface area contributed by atoms with Crippen molar-refractivity contribution in [1.82, 2.24) is 5.32 Å². The lowest BCUT2D eigenvalue weighted by Gasteiger charge is -2.16. The van der Waals surface area contributed by atoms with E-state index in [0.717, 1.165) is 24.5 Å². The Bertz CT molecular complexity index is 553. The van der Waals surface area contributed by atoms with Gasteiger partial charge in [-0.1, -0.05) is 0 Å². The fourth-order valence-corrected chi connectivity index (χ4v) is 3.58. The van der Waals surface area contributed by atoms with Crippen LogP contribution in [0.25, 0.3) is 0 Å². The van der Waals surface area contributed by atoms with E-state index in [9.17, 15) is 0 Å². The Morgan fingerprint density at radius 2 is 2.14 bits per heavy atom. The highest BCUT2D eigenvalue weighted by molar-refractivity contribution is 5.70. The average Bonchev–Trinajstić information content (AvgIpc) is 2.64. The maximum absolute atomic E-state index is 5.06. The molecule has 0 amide bonds. The largest absolute Gasteiger partial charge is 0.503 e.